The first-order valence-electron chi connectivity index (χ1n) is 9.23. The van der Waals surface area contributed by atoms with Crippen molar-refractivity contribution in [3.63, 3.8) is 0 Å². The van der Waals surface area contributed by atoms with Gasteiger partial charge in [-0.3, -0.25) is 4.79 Å². The number of hydrogen-bond donors (Lipinski definition) is 2. The average molecular weight is 353 g/mol. The van der Waals surface area contributed by atoms with Crippen molar-refractivity contribution in [3.05, 3.63) is 48.0 Å². The highest BCUT2D eigenvalue weighted by Crippen LogP contribution is 2.48. The Morgan fingerprint density at radius 3 is 2.69 bits per heavy atom. The van der Waals surface area contributed by atoms with Crippen LogP contribution in [0.2, 0.25) is 0 Å². The number of rotatable bonds is 5. The summed E-state index contributed by atoms with van der Waals surface area (Å²) in [6.45, 7) is 1.07. The van der Waals surface area contributed by atoms with Crippen LogP contribution < -0.4 is 5.32 Å². The van der Waals surface area contributed by atoms with Gasteiger partial charge < -0.3 is 15.2 Å². The highest BCUT2D eigenvalue weighted by Gasteiger charge is 2.45. The smallest absolute Gasteiger partial charge is 0.326 e. The predicted molar refractivity (Wildman–Crippen MR) is 97.9 cm³/mol. The molecule has 0 bridgehead atoms. The van der Waals surface area contributed by atoms with Crippen LogP contribution in [-0.2, 0) is 14.3 Å². The van der Waals surface area contributed by atoms with Gasteiger partial charge in [0.15, 0.2) is 0 Å². The summed E-state index contributed by atoms with van der Waals surface area (Å²) in [5, 5.41) is 14.6. The normalized spacial score (nSPS) is 26.2. The Balaban J connectivity index is 1.43. The third kappa shape index (κ3) is 3.44. The summed E-state index contributed by atoms with van der Waals surface area (Å²) < 4.78 is 5.39. The molecule has 26 heavy (non-hydrogen) atoms. The summed E-state index contributed by atoms with van der Waals surface area (Å²) >= 11 is 0. The Hall–Kier alpha value is -2.40. The zero-order chi connectivity index (χ0) is 18.1. The first-order valence-corrected chi connectivity index (χ1v) is 9.23. The molecule has 0 spiro atoms. The highest BCUT2D eigenvalue weighted by atomic mass is 16.5. The van der Waals surface area contributed by atoms with Crippen LogP contribution in [0.25, 0.3) is 10.8 Å². The molecule has 2 aromatic rings. The van der Waals surface area contributed by atoms with E-state index in [9.17, 15) is 14.7 Å². The number of hydrogen-bond acceptors (Lipinski definition) is 3. The molecule has 0 aromatic heterocycles. The minimum absolute atomic E-state index is 0.137. The molecular formula is C21H23NO4. The Morgan fingerprint density at radius 2 is 1.96 bits per heavy atom. The molecule has 1 aliphatic heterocycles. The van der Waals surface area contributed by atoms with E-state index in [4.69, 9.17) is 4.74 Å². The summed E-state index contributed by atoms with van der Waals surface area (Å²) in [5.41, 5.74) is 1.15. The molecule has 2 fully saturated rings. The molecule has 1 saturated carbocycles. The minimum atomic E-state index is -0.975. The van der Waals surface area contributed by atoms with E-state index < -0.39 is 12.0 Å². The van der Waals surface area contributed by atoms with E-state index in [1.54, 1.807) is 0 Å². The van der Waals surface area contributed by atoms with E-state index in [0.29, 0.717) is 13.2 Å². The lowest BCUT2D eigenvalue weighted by molar-refractivity contribution is -0.145. The topological polar surface area (TPSA) is 75.6 Å². The lowest BCUT2D eigenvalue weighted by Crippen LogP contribution is -2.49. The number of carbonyl (C=O) groups is 2. The van der Waals surface area contributed by atoms with Gasteiger partial charge in [-0.15, -0.1) is 0 Å². The van der Waals surface area contributed by atoms with Crippen molar-refractivity contribution in [2.75, 3.05) is 13.2 Å². The molecule has 1 heterocycles. The van der Waals surface area contributed by atoms with Crippen LogP contribution in [-0.4, -0.2) is 36.2 Å². The number of fused-ring (bicyclic) bond motifs is 1. The van der Waals surface area contributed by atoms with Gasteiger partial charge in [0.25, 0.3) is 0 Å². The van der Waals surface area contributed by atoms with Gasteiger partial charge in [0.1, 0.15) is 6.04 Å². The Bertz CT molecular complexity index is 828. The van der Waals surface area contributed by atoms with Crippen molar-refractivity contribution in [1.82, 2.24) is 5.32 Å². The summed E-state index contributed by atoms with van der Waals surface area (Å²) in [4.78, 5) is 24.2. The maximum Gasteiger partial charge on any atom is 0.326 e. The van der Waals surface area contributed by atoms with Gasteiger partial charge in [-0.1, -0.05) is 42.5 Å². The van der Waals surface area contributed by atoms with E-state index in [0.717, 1.165) is 24.8 Å². The van der Waals surface area contributed by atoms with Crippen molar-refractivity contribution < 1.29 is 19.4 Å². The molecule has 5 heteroatoms. The first-order chi connectivity index (χ1) is 12.6. The van der Waals surface area contributed by atoms with Gasteiger partial charge in [0, 0.05) is 18.4 Å². The van der Waals surface area contributed by atoms with E-state index in [-0.39, 0.29) is 23.7 Å². The first kappa shape index (κ1) is 17.0. The van der Waals surface area contributed by atoms with Crippen LogP contribution in [0.1, 0.15) is 30.7 Å². The van der Waals surface area contributed by atoms with Gasteiger partial charge >= 0.3 is 5.97 Å². The molecule has 1 saturated heterocycles. The number of benzene rings is 2. The van der Waals surface area contributed by atoms with Crippen LogP contribution >= 0.6 is 0 Å². The quantitative estimate of drug-likeness (QED) is 0.867. The van der Waals surface area contributed by atoms with Crippen molar-refractivity contribution >= 4 is 22.6 Å². The SMILES string of the molecule is O=C(NC(C(=O)O)C1CCCOC1)C1CC1c1ccc2ccccc2c1. The Labute approximate surface area is 152 Å². The number of carbonyl (C=O) groups excluding carboxylic acids is 1. The van der Waals surface area contributed by atoms with Crippen molar-refractivity contribution in [1.29, 1.82) is 0 Å². The van der Waals surface area contributed by atoms with Crippen LogP contribution in [0.4, 0.5) is 0 Å². The molecular weight excluding hydrogens is 330 g/mol. The lowest BCUT2D eigenvalue weighted by atomic mass is 9.93. The molecule has 5 nitrogen and oxygen atoms in total. The fourth-order valence-electron chi connectivity index (χ4n) is 3.96. The van der Waals surface area contributed by atoms with Gasteiger partial charge in [-0.2, -0.15) is 0 Å². The lowest BCUT2D eigenvalue weighted by Gasteiger charge is -2.28. The largest absolute Gasteiger partial charge is 0.480 e. The minimum Gasteiger partial charge on any atom is -0.480 e. The van der Waals surface area contributed by atoms with Gasteiger partial charge in [0.05, 0.1) is 6.61 Å². The second-order valence-electron chi connectivity index (χ2n) is 7.36. The maximum atomic E-state index is 12.6. The molecule has 2 aromatic carbocycles. The molecule has 136 valence electrons. The third-order valence-electron chi connectivity index (χ3n) is 5.56. The highest BCUT2D eigenvalue weighted by molar-refractivity contribution is 5.88. The van der Waals surface area contributed by atoms with Crippen molar-refractivity contribution in [3.8, 4) is 0 Å². The summed E-state index contributed by atoms with van der Waals surface area (Å²) in [7, 11) is 0. The number of ether oxygens (including phenoxy) is 1. The van der Waals surface area contributed by atoms with Crippen molar-refractivity contribution in [2.45, 2.75) is 31.2 Å². The van der Waals surface area contributed by atoms with E-state index >= 15 is 0 Å². The standard InChI is InChI=1S/C21H23NO4/c23-20(22-19(21(24)25)16-6-3-9-26-12-16)18-11-17(18)15-8-7-13-4-1-2-5-14(13)10-15/h1-2,4-5,7-8,10,16-19H,3,6,9,11-12H2,(H,22,23)(H,24,25). The molecule has 1 aliphatic carbocycles. The number of amides is 1. The van der Waals surface area contributed by atoms with E-state index in [1.165, 1.54) is 10.8 Å². The van der Waals surface area contributed by atoms with Crippen LogP contribution in [0, 0.1) is 11.8 Å². The van der Waals surface area contributed by atoms with Crippen LogP contribution in [0.5, 0.6) is 0 Å². The molecule has 0 radical (unpaired) electrons. The maximum absolute atomic E-state index is 12.6. The van der Waals surface area contributed by atoms with Gasteiger partial charge in [0.2, 0.25) is 5.91 Å². The number of carboxylic acid groups (broad SMARTS) is 1. The Morgan fingerprint density at radius 1 is 1.15 bits per heavy atom. The average Bonchev–Trinajstić information content (AvgIpc) is 3.47. The molecule has 2 N–H and O–H groups in total. The number of nitrogens with one attached hydrogen (secondary N) is 1. The van der Waals surface area contributed by atoms with E-state index in [2.05, 4.69) is 35.6 Å². The molecule has 4 rings (SSSR count). The molecule has 1 amide bonds. The Kier molecular flexibility index (Phi) is 4.64. The molecule has 4 unspecified atom stereocenters. The number of aliphatic carboxylic acids is 1. The summed E-state index contributed by atoms with van der Waals surface area (Å²) in [5.74, 6) is -1.24. The molecule has 4 atom stereocenters. The fraction of sp³-hybridized carbons (Fsp3) is 0.429. The second kappa shape index (κ2) is 7.08. The predicted octanol–water partition coefficient (Wildman–Crippen LogP) is 2.94. The monoisotopic (exact) mass is 353 g/mol. The molecule has 2 aliphatic rings. The summed E-state index contributed by atoms with van der Waals surface area (Å²) in [6.07, 6.45) is 2.39. The third-order valence-corrected chi connectivity index (χ3v) is 5.56. The van der Waals surface area contributed by atoms with Crippen molar-refractivity contribution in [2.24, 2.45) is 11.8 Å². The van der Waals surface area contributed by atoms with Crippen LogP contribution in [0.3, 0.4) is 0 Å². The van der Waals surface area contributed by atoms with Crippen LogP contribution in [0.15, 0.2) is 42.5 Å². The fourth-order valence-corrected chi connectivity index (χ4v) is 3.96. The summed E-state index contributed by atoms with van der Waals surface area (Å²) in [6, 6.07) is 13.6. The van der Waals surface area contributed by atoms with Gasteiger partial charge in [-0.25, -0.2) is 4.79 Å². The number of carboxylic acids is 1. The zero-order valence-electron chi connectivity index (χ0n) is 14.6. The second-order valence-corrected chi connectivity index (χ2v) is 7.36. The zero-order valence-corrected chi connectivity index (χ0v) is 14.6. The van der Waals surface area contributed by atoms with Gasteiger partial charge in [-0.05, 0) is 41.5 Å². The van der Waals surface area contributed by atoms with E-state index in [1.807, 2.05) is 12.1 Å².